The number of likely N-dealkylation sites (tertiary alicyclic amines) is 1. The molecule has 1 amide bonds. The predicted octanol–water partition coefficient (Wildman–Crippen LogP) is 0.645. The molecule has 0 bridgehead atoms. The average molecular weight is 340 g/mol. The molecule has 8 heteroatoms. The van der Waals surface area contributed by atoms with Crippen LogP contribution in [0.4, 0.5) is 0 Å². The number of imidazole rings is 1. The van der Waals surface area contributed by atoms with E-state index in [2.05, 4.69) is 16.5 Å². The maximum absolute atomic E-state index is 12.5. The van der Waals surface area contributed by atoms with Gasteiger partial charge in [-0.05, 0) is 19.3 Å². The summed E-state index contributed by atoms with van der Waals surface area (Å²) < 4.78 is 27.2. The second-order valence-corrected chi connectivity index (χ2v) is 8.33. The fraction of sp³-hybridized carbons (Fsp3) is 0.733. The molecule has 2 saturated heterocycles. The second kappa shape index (κ2) is 6.60. The highest BCUT2D eigenvalue weighted by molar-refractivity contribution is 7.89. The fourth-order valence-corrected chi connectivity index (χ4v) is 4.94. The number of nitrogens with zero attached hydrogens (tertiary/aromatic N) is 4. The van der Waals surface area contributed by atoms with E-state index >= 15 is 0 Å². The molecule has 2 aliphatic rings. The van der Waals surface area contributed by atoms with Gasteiger partial charge in [-0.3, -0.25) is 4.79 Å². The summed E-state index contributed by atoms with van der Waals surface area (Å²) in [6.45, 7) is 3.87. The zero-order valence-corrected chi connectivity index (χ0v) is 14.3. The zero-order valence-electron chi connectivity index (χ0n) is 13.5. The lowest BCUT2D eigenvalue weighted by molar-refractivity contribution is -0.133. The maximum atomic E-state index is 12.5. The number of hydrogen-bond acceptors (Lipinski definition) is 4. The second-order valence-electron chi connectivity index (χ2n) is 6.24. The molecule has 0 radical (unpaired) electrons. The van der Waals surface area contributed by atoms with Crippen molar-refractivity contribution < 1.29 is 13.2 Å². The van der Waals surface area contributed by atoms with Gasteiger partial charge in [-0.25, -0.2) is 13.4 Å². The molecule has 3 heterocycles. The molecular weight excluding hydrogens is 316 g/mol. The van der Waals surface area contributed by atoms with Crippen LogP contribution in [0.2, 0.25) is 0 Å². The molecule has 1 aromatic rings. The Hall–Kier alpha value is -1.41. The molecule has 1 aromatic heterocycles. The lowest BCUT2D eigenvalue weighted by Crippen LogP contribution is -2.46. The van der Waals surface area contributed by atoms with Gasteiger partial charge in [-0.15, -0.1) is 0 Å². The SMILES string of the molecule is CCc1nccn1C1CCCN(C(=O)CN2CCCS2(=O)=O)C1. The number of carbonyl (C=O) groups is 1. The third kappa shape index (κ3) is 3.42. The molecule has 0 aromatic carbocycles. The van der Waals surface area contributed by atoms with Gasteiger partial charge in [0, 0.05) is 38.4 Å². The van der Waals surface area contributed by atoms with Crippen LogP contribution in [0, 0.1) is 0 Å². The summed E-state index contributed by atoms with van der Waals surface area (Å²) in [4.78, 5) is 18.7. The van der Waals surface area contributed by atoms with Crippen LogP contribution in [0.5, 0.6) is 0 Å². The van der Waals surface area contributed by atoms with Gasteiger partial charge in [0.05, 0.1) is 18.3 Å². The van der Waals surface area contributed by atoms with Crippen molar-refractivity contribution in [3.8, 4) is 0 Å². The minimum Gasteiger partial charge on any atom is -0.339 e. The van der Waals surface area contributed by atoms with Gasteiger partial charge in [0.2, 0.25) is 15.9 Å². The first kappa shape index (κ1) is 16.4. The van der Waals surface area contributed by atoms with Gasteiger partial charge in [0.25, 0.3) is 0 Å². The van der Waals surface area contributed by atoms with Gasteiger partial charge in [0.1, 0.15) is 5.82 Å². The van der Waals surface area contributed by atoms with E-state index in [1.165, 1.54) is 4.31 Å². The molecule has 23 heavy (non-hydrogen) atoms. The van der Waals surface area contributed by atoms with E-state index < -0.39 is 10.0 Å². The highest BCUT2D eigenvalue weighted by Crippen LogP contribution is 2.23. The van der Waals surface area contributed by atoms with Crippen molar-refractivity contribution in [1.29, 1.82) is 0 Å². The monoisotopic (exact) mass is 340 g/mol. The number of sulfonamides is 1. The fourth-order valence-electron chi connectivity index (χ4n) is 3.48. The van der Waals surface area contributed by atoms with E-state index in [1.807, 2.05) is 6.20 Å². The number of piperidine rings is 1. The quantitative estimate of drug-likeness (QED) is 0.806. The summed E-state index contributed by atoms with van der Waals surface area (Å²) in [5, 5.41) is 0. The number of carbonyl (C=O) groups excluding carboxylic acids is 1. The Morgan fingerprint density at radius 2 is 2.17 bits per heavy atom. The Kier molecular flexibility index (Phi) is 4.72. The van der Waals surface area contributed by atoms with E-state index in [4.69, 9.17) is 0 Å². The van der Waals surface area contributed by atoms with E-state index in [-0.39, 0.29) is 24.2 Å². The molecule has 1 unspecified atom stereocenters. The standard InChI is InChI=1S/C15H24N4O3S/c1-2-14-16-6-9-19(14)13-5-3-7-17(11-13)15(20)12-18-8-4-10-23(18,21)22/h6,9,13H,2-5,7-8,10-12H2,1H3. The van der Waals surface area contributed by atoms with Crippen molar-refractivity contribution in [2.45, 2.75) is 38.6 Å². The lowest BCUT2D eigenvalue weighted by Gasteiger charge is -2.34. The molecule has 0 N–H and O–H groups in total. The normalized spacial score (nSPS) is 24.9. The molecule has 0 spiro atoms. The van der Waals surface area contributed by atoms with E-state index in [1.54, 1.807) is 11.1 Å². The number of aryl methyl sites for hydroxylation is 1. The maximum Gasteiger partial charge on any atom is 0.237 e. The average Bonchev–Trinajstić information content (AvgIpc) is 3.14. The third-order valence-electron chi connectivity index (χ3n) is 4.72. The van der Waals surface area contributed by atoms with Crippen molar-refractivity contribution in [2.24, 2.45) is 0 Å². The zero-order chi connectivity index (χ0) is 16.4. The molecular formula is C15H24N4O3S. The Labute approximate surface area is 137 Å². The van der Waals surface area contributed by atoms with Gasteiger partial charge in [0.15, 0.2) is 0 Å². The summed E-state index contributed by atoms with van der Waals surface area (Å²) >= 11 is 0. The minimum atomic E-state index is -3.22. The Bertz CT molecular complexity index is 670. The van der Waals surface area contributed by atoms with Crippen molar-refractivity contribution in [1.82, 2.24) is 18.8 Å². The minimum absolute atomic E-state index is 0.0143. The van der Waals surface area contributed by atoms with E-state index in [0.29, 0.717) is 26.1 Å². The van der Waals surface area contributed by atoms with Crippen LogP contribution in [0.15, 0.2) is 12.4 Å². The molecule has 7 nitrogen and oxygen atoms in total. The van der Waals surface area contributed by atoms with Crippen LogP contribution in [0.3, 0.4) is 0 Å². The van der Waals surface area contributed by atoms with Crippen molar-refractivity contribution in [3.63, 3.8) is 0 Å². The molecule has 1 atom stereocenters. The molecule has 128 valence electrons. The Morgan fingerprint density at radius 3 is 2.87 bits per heavy atom. The van der Waals surface area contributed by atoms with Crippen LogP contribution < -0.4 is 0 Å². The highest BCUT2D eigenvalue weighted by Gasteiger charge is 2.33. The van der Waals surface area contributed by atoms with Gasteiger partial charge < -0.3 is 9.47 Å². The summed E-state index contributed by atoms with van der Waals surface area (Å²) in [5.74, 6) is 1.11. The Morgan fingerprint density at radius 1 is 1.35 bits per heavy atom. The van der Waals surface area contributed by atoms with Gasteiger partial charge in [-0.1, -0.05) is 6.92 Å². The first-order valence-electron chi connectivity index (χ1n) is 8.28. The largest absolute Gasteiger partial charge is 0.339 e. The number of hydrogen-bond donors (Lipinski definition) is 0. The third-order valence-corrected chi connectivity index (χ3v) is 6.63. The van der Waals surface area contributed by atoms with Crippen LogP contribution in [-0.2, 0) is 21.2 Å². The van der Waals surface area contributed by atoms with E-state index in [0.717, 1.165) is 25.1 Å². The Balaban J connectivity index is 1.65. The molecule has 2 fully saturated rings. The molecule has 0 saturated carbocycles. The van der Waals surface area contributed by atoms with Crippen molar-refractivity contribution in [2.75, 3.05) is 31.9 Å². The summed E-state index contributed by atoms with van der Waals surface area (Å²) in [6.07, 6.45) is 7.22. The van der Waals surface area contributed by atoms with Crippen LogP contribution in [-0.4, -0.2) is 65.0 Å². The topological polar surface area (TPSA) is 75.5 Å². The summed E-state index contributed by atoms with van der Waals surface area (Å²) in [7, 11) is -3.22. The predicted molar refractivity (Wildman–Crippen MR) is 86.4 cm³/mol. The number of rotatable bonds is 4. The van der Waals surface area contributed by atoms with Gasteiger partial charge in [-0.2, -0.15) is 4.31 Å². The van der Waals surface area contributed by atoms with Crippen molar-refractivity contribution in [3.05, 3.63) is 18.2 Å². The summed E-state index contributed by atoms with van der Waals surface area (Å²) in [5.41, 5.74) is 0. The van der Waals surface area contributed by atoms with E-state index in [9.17, 15) is 13.2 Å². The first-order chi connectivity index (χ1) is 11.0. The molecule has 2 aliphatic heterocycles. The smallest absolute Gasteiger partial charge is 0.237 e. The van der Waals surface area contributed by atoms with Crippen LogP contribution >= 0.6 is 0 Å². The van der Waals surface area contributed by atoms with Crippen LogP contribution in [0.1, 0.15) is 38.1 Å². The lowest BCUT2D eigenvalue weighted by atomic mass is 10.1. The molecule has 3 rings (SSSR count). The van der Waals surface area contributed by atoms with Gasteiger partial charge >= 0.3 is 0 Å². The number of aromatic nitrogens is 2. The first-order valence-corrected chi connectivity index (χ1v) is 9.89. The van der Waals surface area contributed by atoms with Crippen molar-refractivity contribution >= 4 is 15.9 Å². The molecule has 0 aliphatic carbocycles. The van der Waals surface area contributed by atoms with Crippen LogP contribution in [0.25, 0.3) is 0 Å². The number of amides is 1. The summed E-state index contributed by atoms with van der Waals surface area (Å²) in [6, 6.07) is 0.236. The highest BCUT2D eigenvalue weighted by atomic mass is 32.2.